The molecule has 0 amide bonds. The molecule has 2 unspecified atom stereocenters. The number of nitrogens with one attached hydrogen (secondary N) is 1. The number of sulfonamides is 1. The normalized spacial score (nSPS) is 22.2. The van der Waals surface area contributed by atoms with Gasteiger partial charge in [-0.25, -0.2) is 21.9 Å². The lowest BCUT2D eigenvalue weighted by atomic mass is 10.1. The van der Waals surface area contributed by atoms with E-state index in [1.54, 1.807) is 6.07 Å². The zero-order valence-electron chi connectivity index (χ0n) is 11.0. The lowest BCUT2D eigenvalue weighted by Crippen LogP contribution is -2.33. The van der Waals surface area contributed by atoms with Crippen LogP contribution in [0.1, 0.15) is 24.8 Å². The number of nitrogens with zero attached hydrogens (tertiary/aromatic N) is 1. The van der Waals surface area contributed by atoms with Gasteiger partial charge in [0, 0.05) is 6.54 Å². The molecule has 1 aliphatic carbocycles. The first kappa shape index (κ1) is 15.8. The molecule has 114 valence electrons. The summed E-state index contributed by atoms with van der Waals surface area (Å²) in [6.45, 7) is -0.0810. The average molecular weight is 316 g/mol. The van der Waals surface area contributed by atoms with E-state index in [1.807, 2.05) is 0 Å². The standard InChI is InChI=1S/C13H14F2N2O3S/c14-10-4-8(6-16)5-11(15)13(10)21(19,20)17-7-9-2-1-3-12(9)18/h4-5,9,12,17-18H,1-3,7H2. The maximum absolute atomic E-state index is 13.7. The zero-order valence-corrected chi connectivity index (χ0v) is 11.8. The van der Waals surface area contributed by atoms with E-state index in [-0.39, 0.29) is 18.0 Å². The number of aliphatic hydroxyl groups is 1. The van der Waals surface area contributed by atoms with Crippen LogP contribution in [0.5, 0.6) is 0 Å². The molecule has 1 saturated carbocycles. The van der Waals surface area contributed by atoms with Crippen molar-refractivity contribution in [3.05, 3.63) is 29.3 Å². The molecule has 0 spiro atoms. The van der Waals surface area contributed by atoms with Gasteiger partial charge in [-0.3, -0.25) is 0 Å². The van der Waals surface area contributed by atoms with Crippen molar-refractivity contribution in [3.8, 4) is 6.07 Å². The third-order valence-electron chi connectivity index (χ3n) is 3.55. The fourth-order valence-corrected chi connectivity index (χ4v) is 3.63. The summed E-state index contributed by atoms with van der Waals surface area (Å²) in [5.41, 5.74) is -0.296. The first-order valence-corrected chi connectivity index (χ1v) is 7.90. The van der Waals surface area contributed by atoms with Gasteiger partial charge in [0.15, 0.2) is 4.90 Å². The number of nitriles is 1. The van der Waals surface area contributed by atoms with E-state index in [0.29, 0.717) is 25.0 Å². The Hall–Kier alpha value is -1.56. The van der Waals surface area contributed by atoms with Crippen molar-refractivity contribution in [1.29, 1.82) is 5.26 Å². The predicted octanol–water partition coefficient (Wildman–Crippen LogP) is 1.28. The molecule has 0 heterocycles. The molecular formula is C13H14F2N2O3S. The number of benzene rings is 1. The van der Waals surface area contributed by atoms with Crippen molar-refractivity contribution >= 4 is 10.0 Å². The molecule has 1 aromatic carbocycles. The van der Waals surface area contributed by atoms with Gasteiger partial charge in [-0.1, -0.05) is 6.42 Å². The molecule has 0 radical (unpaired) electrons. The molecule has 21 heavy (non-hydrogen) atoms. The number of rotatable bonds is 4. The number of halogens is 2. The van der Waals surface area contributed by atoms with E-state index in [1.165, 1.54) is 0 Å². The van der Waals surface area contributed by atoms with E-state index in [4.69, 9.17) is 5.26 Å². The van der Waals surface area contributed by atoms with Crippen molar-refractivity contribution < 1.29 is 22.3 Å². The molecule has 2 rings (SSSR count). The SMILES string of the molecule is N#Cc1cc(F)c(S(=O)(=O)NCC2CCCC2O)c(F)c1. The van der Waals surface area contributed by atoms with Crippen LogP contribution in [0.4, 0.5) is 8.78 Å². The van der Waals surface area contributed by atoms with Crippen LogP contribution in [0.25, 0.3) is 0 Å². The molecular weight excluding hydrogens is 302 g/mol. The highest BCUT2D eigenvalue weighted by molar-refractivity contribution is 7.89. The Morgan fingerprint density at radius 2 is 1.95 bits per heavy atom. The Morgan fingerprint density at radius 3 is 2.43 bits per heavy atom. The second kappa shape index (κ2) is 6.05. The highest BCUT2D eigenvalue weighted by Crippen LogP contribution is 2.26. The van der Waals surface area contributed by atoms with Gasteiger partial charge < -0.3 is 5.11 Å². The fraction of sp³-hybridized carbons (Fsp3) is 0.462. The fourth-order valence-electron chi connectivity index (χ4n) is 2.43. The minimum atomic E-state index is -4.38. The van der Waals surface area contributed by atoms with Crippen LogP contribution >= 0.6 is 0 Å². The molecule has 2 N–H and O–H groups in total. The lowest BCUT2D eigenvalue weighted by molar-refractivity contribution is 0.134. The van der Waals surface area contributed by atoms with Gasteiger partial charge in [0.1, 0.15) is 11.6 Å². The average Bonchev–Trinajstić information content (AvgIpc) is 2.80. The van der Waals surface area contributed by atoms with E-state index >= 15 is 0 Å². The summed E-state index contributed by atoms with van der Waals surface area (Å²) in [6.07, 6.45) is 1.42. The minimum absolute atomic E-state index is 0.0810. The summed E-state index contributed by atoms with van der Waals surface area (Å²) < 4.78 is 53.5. The van der Waals surface area contributed by atoms with Crippen molar-refractivity contribution in [2.24, 2.45) is 5.92 Å². The van der Waals surface area contributed by atoms with Gasteiger partial charge in [0.25, 0.3) is 0 Å². The quantitative estimate of drug-likeness (QED) is 0.875. The second-order valence-corrected chi connectivity index (χ2v) is 6.69. The number of aliphatic hydroxyl groups excluding tert-OH is 1. The molecule has 0 aromatic heterocycles. The van der Waals surface area contributed by atoms with Gasteiger partial charge in [-0.2, -0.15) is 5.26 Å². The van der Waals surface area contributed by atoms with Crippen molar-refractivity contribution in [2.45, 2.75) is 30.3 Å². The molecule has 0 aliphatic heterocycles. The summed E-state index contributed by atoms with van der Waals surface area (Å²) in [6, 6.07) is 2.88. The Labute approximate surface area is 121 Å². The number of hydrogen-bond acceptors (Lipinski definition) is 4. The van der Waals surface area contributed by atoms with E-state index in [9.17, 15) is 22.3 Å². The largest absolute Gasteiger partial charge is 0.393 e. The minimum Gasteiger partial charge on any atom is -0.393 e. The Kier molecular flexibility index (Phi) is 4.56. The van der Waals surface area contributed by atoms with Gasteiger partial charge in [0.2, 0.25) is 10.0 Å². The summed E-state index contributed by atoms with van der Waals surface area (Å²) in [4.78, 5) is -1.10. The van der Waals surface area contributed by atoms with Gasteiger partial charge in [0.05, 0.1) is 17.7 Å². The zero-order chi connectivity index (χ0) is 15.6. The number of hydrogen-bond donors (Lipinski definition) is 2. The molecule has 1 aliphatic rings. The van der Waals surface area contributed by atoms with Gasteiger partial charge in [-0.15, -0.1) is 0 Å². The first-order valence-electron chi connectivity index (χ1n) is 6.42. The van der Waals surface area contributed by atoms with Crippen LogP contribution in [0.15, 0.2) is 17.0 Å². The molecule has 1 aromatic rings. The Bertz CT molecular complexity index is 662. The third kappa shape index (κ3) is 3.37. The Balaban J connectivity index is 2.22. The monoisotopic (exact) mass is 316 g/mol. The maximum atomic E-state index is 13.7. The first-order chi connectivity index (χ1) is 9.85. The molecule has 2 atom stereocenters. The summed E-state index contributed by atoms with van der Waals surface area (Å²) >= 11 is 0. The highest BCUT2D eigenvalue weighted by Gasteiger charge is 2.29. The van der Waals surface area contributed by atoms with Crippen LogP contribution in [0.2, 0.25) is 0 Å². The topological polar surface area (TPSA) is 90.2 Å². The van der Waals surface area contributed by atoms with Crippen LogP contribution < -0.4 is 4.72 Å². The van der Waals surface area contributed by atoms with E-state index in [2.05, 4.69) is 4.72 Å². The highest BCUT2D eigenvalue weighted by atomic mass is 32.2. The summed E-state index contributed by atoms with van der Waals surface area (Å²) in [7, 11) is -4.38. The van der Waals surface area contributed by atoms with Crippen LogP contribution in [-0.2, 0) is 10.0 Å². The second-order valence-electron chi connectivity index (χ2n) is 4.99. The van der Waals surface area contributed by atoms with Crippen molar-refractivity contribution in [2.75, 3.05) is 6.54 Å². The van der Waals surface area contributed by atoms with Crippen molar-refractivity contribution in [1.82, 2.24) is 4.72 Å². The van der Waals surface area contributed by atoms with Gasteiger partial charge >= 0.3 is 0 Å². The van der Waals surface area contributed by atoms with Crippen molar-refractivity contribution in [3.63, 3.8) is 0 Å². The third-order valence-corrected chi connectivity index (χ3v) is 5.02. The summed E-state index contributed by atoms with van der Waals surface area (Å²) in [5.74, 6) is -2.89. The molecule has 0 saturated heterocycles. The summed E-state index contributed by atoms with van der Waals surface area (Å²) in [5, 5.41) is 18.2. The molecule has 8 heteroatoms. The molecule has 1 fully saturated rings. The van der Waals surface area contributed by atoms with Gasteiger partial charge in [-0.05, 0) is 30.9 Å². The van der Waals surface area contributed by atoms with Crippen LogP contribution in [0.3, 0.4) is 0 Å². The predicted molar refractivity (Wildman–Crippen MR) is 69.6 cm³/mol. The van der Waals surface area contributed by atoms with E-state index < -0.39 is 32.7 Å². The molecule has 5 nitrogen and oxygen atoms in total. The maximum Gasteiger partial charge on any atom is 0.246 e. The van der Waals surface area contributed by atoms with Crippen LogP contribution in [-0.4, -0.2) is 26.2 Å². The lowest BCUT2D eigenvalue weighted by Gasteiger charge is -2.15. The Morgan fingerprint density at radius 1 is 1.33 bits per heavy atom. The smallest absolute Gasteiger partial charge is 0.246 e. The van der Waals surface area contributed by atoms with Crippen LogP contribution in [0, 0.1) is 28.9 Å². The molecule has 0 bridgehead atoms. The van der Waals surface area contributed by atoms with E-state index in [0.717, 1.165) is 6.42 Å².